The molecule has 3 rings (SSSR count). The summed E-state index contributed by atoms with van der Waals surface area (Å²) in [5, 5.41) is 5.53. The van der Waals surface area contributed by atoms with Crippen molar-refractivity contribution >= 4 is 69.6 Å². The predicted molar refractivity (Wildman–Crippen MR) is 117 cm³/mol. The minimum atomic E-state index is -5.16. The van der Waals surface area contributed by atoms with Gasteiger partial charge in [0.1, 0.15) is 16.0 Å². The van der Waals surface area contributed by atoms with E-state index in [1.165, 1.54) is 17.4 Å². The second kappa shape index (κ2) is 9.75. The van der Waals surface area contributed by atoms with Gasteiger partial charge in [-0.1, -0.05) is 11.6 Å². The van der Waals surface area contributed by atoms with E-state index in [0.29, 0.717) is 6.07 Å². The van der Waals surface area contributed by atoms with Gasteiger partial charge in [-0.25, -0.2) is 17.6 Å². The van der Waals surface area contributed by atoms with E-state index in [0.717, 1.165) is 6.07 Å². The molecule has 1 aliphatic rings. The molecule has 1 aliphatic carbocycles. The van der Waals surface area contributed by atoms with Crippen molar-refractivity contribution in [3.63, 3.8) is 0 Å². The third-order valence-corrected chi connectivity index (χ3v) is 5.92. The molecule has 2 aromatic carbocycles. The Labute approximate surface area is 207 Å². The zero-order valence-corrected chi connectivity index (χ0v) is 19.1. The van der Waals surface area contributed by atoms with Gasteiger partial charge in [0.05, 0.1) is 27.9 Å². The molecule has 0 aromatic heterocycles. The highest BCUT2D eigenvalue weighted by Gasteiger charge is 2.56. The fraction of sp³-hybridized carbons (Fsp3) is 0.250. The van der Waals surface area contributed by atoms with E-state index in [-0.39, 0.29) is 28.8 Å². The Morgan fingerprint density at radius 2 is 1.54 bits per heavy atom. The summed E-state index contributed by atoms with van der Waals surface area (Å²) >= 11 is 17.6. The summed E-state index contributed by atoms with van der Waals surface area (Å²) in [5.74, 6) is -13.0. The van der Waals surface area contributed by atoms with Crippen molar-refractivity contribution in [2.75, 3.05) is 16.0 Å². The third-order valence-electron chi connectivity index (χ3n) is 4.75. The first kappa shape index (κ1) is 26.9. The van der Waals surface area contributed by atoms with Crippen LogP contribution in [0.3, 0.4) is 0 Å². The van der Waals surface area contributed by atoms with Crippen LogP contribution in [0.2, 0.25) is 5.02 Å². The van der Waals surface area contributed by atoms with Crippen molar-refractivity contribution in [3.8, 4) is 0 Å². The van der Waals surface area contributed by atoms with Crippen LogP contribution in [0.1, 0.15) is 16.8 Å². The Morgan fingerprint density at radius 3 is 2.09 bits per heavy atom. The van der Waals surface area contributed by atoms with Crippen molar-refractivity contribution < 1.29 is 40.7 Å². The first-order chi connectivity index (χ1) is 16.1. The molecule has 0 aliphatic heterocycles. The number of halogens is 9. The Kier molecular flexibility index (Phi) is 7.49. The lowest BCUT2D eigenvalue weighted by atomic mass is 10.1. The number of hydrogen-bond donors (Lipinski definition) is 3. The fourth-order valence-corrected chi connectivity index (χ4v) is 3.45. The molecule has 0 saturated heterocycles. The van der Waals surface area contributed by atoms with Crippen LogP contribution >= 0.6 is 34.8 Å². The average Bonchev–Trinajstić information content (AvgIpc) is 3.40. The van der Waals surface area contributed by atoms with Gasteiger partial charge in [0.25, 0.3) is 5.91 Å². The summed E-state index contributed by atoms with van der Waals surface area (Å²) < 4.78 is 77.9. The summed E-state index contributed by atoms with van der Waals surface area (Å²) in [6.45, 7) is 0. The van der Waals surface area contributed by atoms with Gasteiger partial charge in [-0.3, -0.25) is 14.4 Å². The fourth-order valence-electron chi connectivity index (χ4n) is 2.74. The van der Waals surface area contributed by atoms with Gasteiger partial charge in [0.2, 0.25) is 5.91 Å². The van der Waals surface area contributed by atoms with Crippen molar-refractivity contribution in [2.45, 2.75) is 23.1 Å². The maximum atomic E-state index is 14.2. The van der Waals surface area contributed by atoms with Gasteiger partial charge in [0.15, 0.2) is 0 Å². The molecule has 0 heterocycles. The van der Waals surface area contributed by atoms with E-state index < -0.39 is 63.3 Å². The molecule has 1 atom stereocenters. The lowest BCUT2D eigenvalue weighted by molar-refractivity contribution is -0.163. The van der Waals surface area contributed by atoms with Crippen molar-refractivity contribution in [1.82, 2.24) is 0 Å². The zero-order valence-electron chi connectivity index (χ0n) is 16.9. The molecule has 3 amide bonds. The number of hydrogen-bond acceptors (Lipinski definition) is 3. The number of nitrogens with one attached hydrogen (secondary N) is 3. The standard InChI is InChI=1S/C20H12Cl3F6N3O3/c21-10-2-1-7(30-16(34)9-6-19(9,22)23)3-8(10)15(33)31-13-5-14(12(25)4-11(13)24)32-18(35)20(28,29)17(26)27/h1-5,9,17H,6H2,(H,30,34)(H,31,33)(H,32,35)/t9-/m1/s1. The van der Waals surface area contributed by atoms with Crippen LogP contribution < -0.4 is 16.0 Å². The van der Waals surface area contributed by atoms with Crippen LogP contribution in [0.5, 0.6) is 0 Å². The molecular formula is C20H12Cl3F6N3O3. The van der Waals surface area contributed by atoms with E-state index in [1.807, 2.05) is 5.32 Å². The van der Waals surface area contributed by atoms with E-state index in [2.05, 4.69) is 5.32 Å². The highest BCUT2D eigenvalue weighted by atomic mass is 35.5. The molecule has 1 fully saturated rings. The van der Waals surface area contributed by atoms with Crippen molar-refractivity contribution in [1.29, 1.82) is 0 Å². The van der Waals surface area contributed by atoms with Crippen LogP contribution in [0.25, 0.3) is 0 Å². The Morgan fingerprint density at radius 1 is 0.971 bits per heavy atom. The molecule has 6 nitrogen and oxygen atoms in total. The molecule has 0 unspecified atom stereocenters. The van der Waals surface area contributed by atoms with Crippen LogP contribution in [0, 0.1) is 17.6 Å². The first-order valence-electron chi connectivity index (χ1n) is 9.39. The van der Waals surface area contributed by atoms with Gasteiger partial charge >= 0.3 is 18.3 Å². The topological polar surface area (TPSA) is 87.3 Å². The second-order valence-corrected chi connectivity index (χ2v) is 9.30. The summed E-state index contributed by atoms with van der Waals surface area (Å²) in [7, 11) is 0. The maximum Gasteiger partial charge on any atom is 0.383 e. The first-order valence-corrected chi connectivity index (χ1v) is 10.5. The quantitative estimate of drug-likeness (QED) is 0.293. The van der Waals surface area contributed by atoms with E-state index in [1.54, 1.807) is 0 Å². The van der Waals surface area contributed by atoms with Gasteiger partial charge in [0, 0.05) is 11.8 Å². The van der Waals surface area contributed by atoms with Gasteiger partial charge in [-0.15, -0.1) is 23.2 Å². The Balaban J connectivity index is 1.80. The molecule has 1 saturated carbocycles. The summed E-state index contributed by atoms with van der Waals surface area (Å²) in [4.78, 5) is 36.1. The summed E-state index contributed by atoms with van der Waals surface area (Å²) in [5.41, 5.74) is -2.09. The zero-order chi connectivity index (χ0) is 26.3. The second-order valence-electron chi connectivity index (χ2n) is 7.35. The monoisotopic (exact) mass is 561 g/mol. The molecule has 0 spiro atoms. The van der Waals surface area contributed by atoms with Gasteiger partial charge < -0.3 is 16.0 Å². The van der Waals surface area contributed by atoms with Crippen LogP contribution in [-0.4, -0.2) is 34.4 Å². The minimum Gasteiger partial charge on any atom is -0.326 e. The number of carbonyl (C=O) groups excluding carboxylic acids is 3. The number of carbonyl (C=O) groups is 3. The molecule has 35 heavy (non-hydrogen) atoms. The summed E-state index contributed by atoms with van der Waals surface area (Å²) in [6, 6.07) is 4.24. The largest absolute Gasteiger partial charge is 0.383 e. The smallest absolute Gasteiger partial charge is 0.326 e. The van der Waals surface area contributed by atoms with E-state index in [4.69, 9.17) is 34.8 Å². The van der Waals surface area contributed by atoms with E-state index in [9.17, 15) is 40.7 Å². The Hall–Kier alpha value is -2.70. The normalized spacial score (nSPS) is 16.6. The van der Waals surface area contributed by atoms with Crippen molar-refractivity contribution in [3.05, 3.63) is 52.6 Å². The molecule has 3 N–H and O–H groups in total. The molecule has 188 valence electrons. The number of benzene rings is 2. The highest BCUT2D eigenvalue weighted by molar-refractivity contribution is 6.52. The summed E-state index contributed by atoms with van der Waals surface area (Å²) in [6.07, 6.45) is -4.17. The van der Waals surface area contributed by atoms with Gasteiger partial charge in [-0.05, 0) is 30.7 Å². The SMILES string of the molecule is O=C(Nc1cc(NC(=O)C(F)(F)C(F)F)c(F)cc1F)c1cc(NC(=O)[C@H]2CC2(Cl)Cl)ccc1Cl. The molecule has 2 aromatic rings. The predicted octanol–water partition coefficient (Wildman–Crippen LogP) is 5.84. The molecular weight excluding hydrogens is 551 g/mol. The number of rotatable bonds is 7. The number of anilines is 3. The molecule has 0 bridgehead atoms. The van der Waals surface area contributed by atoms with Crippen LogP contribution in [0.4, 0.5) is 43.4 Å². The molecule has 0 radical (unpaired) electrons. The van der Waals surface area contributed by atoms with Gasteiger partial charge in [-0.2, -0.15) is 8.78 Å². The molecule has 15 heteroatoms. The lowest BCUT2D eigenvalue weighted by Crippen LogP contribution is -2.41. The Bertz CT molecular complexity index is 1210. The number of alkyl halides is 6. The number of amides is 3. The van der Waals surface area contributed by atoms with Crippen molar-refractivity contribution in [2.24, 2.45) is 5.92 Å². The van der Waals surface area contributed by atoms with Crippen LogP contribution in [0.15, 0.2) is 30.3 Å². The lowest BCUT2D eigenvalue weighted by Gasteiger charge is -2.16. The van der Waals surface area contributed by atoms with E-state index >= 15 is 0 Å². The van der Waals surface area contributed by atoms with Crippen LogP contribution in [-0.2, 0) is 9.59 Å². The third kappa shape index (κ3) is 5.93. The highest BCUT2D eigenvalue weighted by Crippen LogP contribution is 2.53. The maximum absolute atomic E-state index is 14.2. The minimum absolute atomic E-state index is 0.0994. The average molecular weight is 563 g/mol.